The van der Waals surface area contributed by atoms with Crippen LogP contribution in [0.5, 0.6) is 5.88 Å². The Bertz CT molecular complexity index is 539. The molecule has 1 fully saturated rings. The van der Waals surface area contributed by atoms with Crippen LogP contribution in [0.2, 0.25) is 0 Å². The summed E-state index contributed by atoms with van der Waals surface area (Å²) < 4.78 is 49.0. The molecule has 0 aliphatic heterocycles. The molecule has 1 aromatic heterocycles. The van der Waals surface area contributed by atoms with Gasteiger partial charge in [0.2, 0.25) is 5.88 Å². The van der Waals surface area contributed by atoms with Crippen LogP contribution in [-0.2, 0) is 15.7 Å². The Hall–Kier alpha value is -1.51. The smallest absolute Gasteiger partial charge is 0.423 e. The van der Waals surface area contributed by atoms with Crippen molar-refractivity contribution in [3.63, 3.8) is 0 Å². The molecule has 116 valence electrons. The maximum atomic E-state index is 12.9. The molecule has 0 spiro atoms. The van der Waals surface area contributed by atoms with Gasteiger partial charge in [0.15, 0.2) is 5.16 Å². The summed E-state index contributed by atoms with van der Waals surface area (Å²) in [6.45, 7) is 1.24. The minimum atomic E-state index is -4.60. The maximum absolute atomic E-state index is 12.9. The second-order valence-corrected chi connectivity index (χ2v) is 5.23. The van der Waals surface area contributed by atoms with Crippen molar-refractivity contribution in [1.29, 1.82) is 0 Å². The third kappa shape index (κ3) is 3.78. The van der Waals surface area contributed by atoms with Gasteiger partial charge in [-0.2, -0.15) is 18.2 Å². The maximum Gasteiger partial charge on any atom is 0.423 e. The van der Waals surface area contributed by atoms with Gasteiger partial charge < -0.3 is 9.47 Å². The van der Waals surface area contributed by atoms with E-state index >= 15 is 0 Å². The van der Waals surface area contributed by atoms with Crippen LogP contribution >= 0.6 is 11.8 Å². The van der Waals surface area contributed by atoms with Gasteiger partial charge in [-0.05, 0) is 19.1 Å². The fraction of sp³-hybridized carbons (Fsp3) is 0.583. The predicted molar refractivity (Wildman–Crippen MR) is 68.0 cm³/mol. The first kappa shape index (κ1) is 15.9. The van der Waals surface area contributed by atoms with E-state index in [2.05, 4.69) is 9.97 Å². The zero-order chi connectivity index (χ0) is 15.6. The number of halogens is 3. The van der Waals surface area contributed by atoms with Crippen molar-refractivity contribution >= 4 is 17.7 Å². The van der Waals surface area contributed by atoms with Crippen LogP contribution in [0, 0.1) is 0 Å². The molecule has 1 aliphatic carbocycles. The fourth-order valence-corrected chi connectivity index (χ4v) is 2.13. The van der Waals surface area contributed by atoms with E-state index in [1.807, 2.05) is 0 Å². The first-order valence-electron chi connectivity index (χ1n) is 6.13. The summed E-state index contributed by atoms with van der Waals surface area (Å²) in [6.07, 6.45) is -2.33. The molecule has 2 unspecified atom stereocenters. The van der Waals surface area contributed by atoms with Crippen molar-refractivity contribution in [3.8, 4) is 5.88 Å². The van der Waals surface area contributed by atoms with E-state index in [4.69, 9.17) is 9.47 Å². The highest BCUT2D eigenvalue weighted by molar-refractivity contribution is 7.98. The average molecular weight is 322 g/mol. The summed E-state index contributed by atoms with van der Waals surface area (Å²) in [7, 11) is 0. The van der Waals surface area contributed by atoms with Gasteiger partial charge in [0.25, 0.3) is 0 Å². The molecule has 0 aromatic carbocycles. The molecule has 9 heteroatoms. The van der Waals surface area contributed by atoms with Crippen LogP contribution in [0.4, 0.5) is 13.2 Å². The number of rotatable bonds is 4. The number of carbonyl (C=O) groups is 1. The summed E-state index contributed by atoms with van der Waals surface area (Å²) in [5, 5.41) is 0.182. The van der Waals surface area contributed by atoms with E-state index in [9.17, 15) is 18.0 Å². The molecule has 2 rings (SSSR count). The number of hydrogen-bond donors (Lipinski definition) is 0. The van der Waals surface area contributed by atoms with Crippen molar-refractivity contribution < 1.29 is 27.4 Å². The SMILES string of the molecule is CSc1ncc(C(F)(F)F)c(OC2CCC2OC(C)=O)n1. The van der Waals surface area contributed by atoms with Crippen molar-refractivity contribution in [1.82, 2.24) is 9.97 Å². The van der Waals surface area contributed by atoms with E-state index in [-0.39, 0.29) is 5.16 Å². The zero-order valence-electron chi connectivity index (χ0n) is 11.3. The Morgan fingerprint density at radius 2 is 2.05 bits per heavy atom. The fourth-order valence-electron chi connectivity index (χ4n) is 1.80. The third-order valence-corrected chi connectivity index (χ3v) is 3.51. The van der Waals surface area contributed by atoms with Crippen LogP contribution in [0.15, 0.2) is 11.4 Å². The van der Waals surface area contributed by atoms with E-state index in [0.29, 0.717) is 19.0 Å². The predicted octanol–water partition coefficient (Wildman–Crippen LogP) is 2.69. The first-order chi connectivity index (χ1) is 9.81. The molecule has 1 saturated carbocycles. The molecule has 1 heterocycles. The second-order valence-electron chi connectivity index (χ2n) is 4.45. The summed E-state index contributed by atoms with van der Waals surface area (Å²) in [5.41, 5.74) is -1.03. The van der Waals surface area contributed by atoms with Gasteiger partial charge in [0.1, 0.15) is 17.8 Å². The molecule has 2 atom stereocenters. The summed E-state index contributed by atoms with van der Waals surface area (Å²) >= 11 is 1.11. The number of esters is 1. The van der Waals surface area contributed by atoms with Crippen molar-refractivity contribution in [3.05, 3.63) is 11.8 Å². The molecule has 0 bridgehead atoms. The van der Waals surface area contributed by atoms with Crippen LogP contribution in [0.1, 0.15) is 25.3 Å². The Balaban J connectivity index is 2.20. The van der Waals surface area contributed by atoms with Gasteiger partial charge in [-0.1, -0.05) is 11.8 Å². The molecule has 1 aliphatic rings. The van der Waals surface area contributed by atoms with Crippen LogP contribution < -0.4 is 4.74 Å². The van der Waals surface area contributed by atoms with Crippen molar-refractivity contribution in [2.75, 3.05) is 6.26 Å². The lowest BCUT2D eigenvalue weighted by molar-refractivity contribution is -0.161. The van der Waals surface area contributed by atoms with Crippen LogP contribution in [0.3, 0.4) is 0 Å². The first-order valence-corrected chi connectivity index (χ1v) is 7.36. The summed E-state index contributed by atoms with van der Waals surface area (Å²) in [5.74, 6) is -1.01. The van der Waals surface area contributed by atoms with Crippen LogP contribution in [0.25, 0.3) is 0 Å². The van der Waals surface area contributed by atoms with Gasteiger partial charge in [0, 0.05) is 13.1 Å². The number of carbonyl (C=O) groups excluding carboxylic acids is 1. The standard InChI is InChI=1S/C12H13F3N2O3S/c1-6(18)19-8-3-4-9(8)20-10-7(12(13,14)15)5-16-11(17-10)21-2/h5,8-9H,3-4H2,1-2H3. The quantitative estimate of drug-likeness (QED) is 0.482. The highest BCUT2D eigenvalue weighted by atomic mass is 32.2. The van der Waals surface area contributed by atoms with E-state index in [0.717, 1.165) is 11.8 Å². The number of hydrogen-bond acceptors (Lipinski definition) is 6. The topological polar surface area (TPSA) is 61.3 Å². The third-order valence-electron chi connectivity index (χ3n) is 2.95. The van der Waals surface area contributed by atoms with Gasteiger partial charge >= 0.3 is 12.1 Å². The Kier molecular flexibility index (Phi) is 4.60. The lowest BCUT2D eigenvalue weighted by Gasteiger charge is -2.35. The normalized spacial score (nSPS) is 21.6. The average Bonchev–Trinajstić information content (AvgIpc) is 2.39. The number of nitrogens with zero attached hydrogens (tertiary/aromatic N) is 2. The largest absolute Gasteiger partial charge is 0.470 e. The molecule has 1 aromatic rings. The van der Waals surface area contributed by atoms with Crippen LogP contribution in [-0.4, -0.2) is 34.4 Å². The van der Waals surface area contributed by atoms with Crippen molar-refractivity contribution in [2.24, 2.45) is 0 Å². The zero-order valence-corrected chi connectivity index (χ0v) is 12.1. The minimum Gasteiger partial charge on any atom is -0.470 e. The molecule has 0 radical (unpaired) electrons. The Morgan fingerprint density at radius 3 is 2.52 bits per heavy atom. The second kappa shape index (κ2) is 6.08. The Labute approximate surface area is 123 Å². The van der Waals surface area contributed by atoms with Gasteiger partial charge in [-0.25, -0.2) is 4.98 Å². The van der Waals surface area contributed by atoms with E-state index in [1.54, 1.807) is 6.26 Å². The lowest BCUT2D eigenvalue weighted by atomic mass is 9.92. The number of thioether (sulfide) groups is 1. The molecule has 5 nitrogen and oxygen atoms in total. The Morgan fingerprint density at radius 1 is 1.38 bits per heavy atom. The molecule has 21 heavy (non-hydrogen) atoms. The minimum absolute atomic E-state index is 0.182. The molecular weight excluding hydrogens is 309 g/mol. The van der Waals surface area contributed by atoms with Crippen molar-refractivity contribution in [2.45, 2.75) is 43.3 Å². The molecule has 0 saturated heterocycles. The lowest BCUT2D eigenvalue weighted by Crippen LogP contribution is -2.44. The van der Waals surface area contributed by atoms with Gasteiger partial charge in [-0.3, -0.25) is 4.79 Å². The summed E-state index contributed by atoms with van der Waals surface area (Å²) in [6, 6.07) is 0. The van der Waals surface area contributed by atoms with Gasteiger partial charge in [-0.15, -0.1) is 0 Å². The monoisotopic (exact) mass is 322 g/mol. The van der Waals surface area contributed by atoms with Gasteiger partial charge in [0.05, 0.1) is 0 Å². The summed E-state index contributed by atoms with van der Waals surface area (Å²) in [4.78, 5) is 18.3. The number of ether oxygens (including phenoxy) is 2. The molecule has 0 amide bonds. The van der Waals surface area contributed by atoms with E-state index < -0.39 is 35.8 Å². The highest BCUT2D eigenvalue weighted by Crippen LogP contribution is 2.37. The molecular formula is C12H13F3N2O3S. The highest BCUT2D eigenvalue weighted by Gasteiger charge is 2.40. The van der Waals surface area contributed by atoms with E-state index in [1.165, 1.54) is 6.92 Å². The number of alkyl halides is 3. The molecule has 0 N–H and O–H groups in total. The number of aromatic nitrogens is 2.